The van der Waals surface area contributed by atoms with Crippen LogP contribution in [0.4, 0.5) is 4.79 Å². The predicted octanol–water partition coefficient (Wildman–Crippen LogP) is 2.83. The molecule has 0 radical (unpaired) electrons. The number of pyridine rings is 1. The highest BCUT2D eigenvalue weighted by Crippen LogP contribution is 2.25. The van der Waals surface area contributed by atoms with Crippen LogP contribution in [-0.4, -0.2) is 29.6 Å². The first kappa shape index (κ1) is 17.5. The number of amides is 3. The molecule has 0 unspecified atom stereocenters. The van der Waals surface area contributed by atoms with Gasteiger partial charge in [0.2, 0.25) is 0 Å². The highest BCUT2D eigenvalue weighted by molar-refractivity contribution is 6.30. The number of aromatic nitrogens is 1. The van der Waals surface area contributed by atoms with Crippen molar-refractivity contribution in [3.8, 4) is 5.75 Å². The molecule has 0 bridgehead atoms. The van der Waals surface area contributed by atoms with E-state index in [1.165, 1.54) is 6.42 Å². The van der Waals surface area contributed by atoms with E-state index >= 15 is 0 Å². The molecule has 3 amide bonds. The summed E-state index contributed by atoms with van der Waals surface area (Å²) in [6, 6.07) is 1.37. The van der Waals surface area contributed by atoms with E-state index in [0.717, 1.165) is 24.8 Å². The first-order chi connectivity index (χ1) is 11.0. The average Bonchev–Trinajstić information content (AvgIpc) is 2.49. The van der Waals surface area contributed by atoms with Gasteiger partial charge in [-0.2, -0.15) is 0 Å². The van der Waals surface area contributed by atoms with E-state index in [4.69, 9.17) is 16.3 Å². The minimum absolute atomic E-state index is 0.118. The number of aryl methyl sites for hydroxylation is 1. The fraction of sp³-hybridized carbons (Fsp3) is 0.562. The fourth-order valence-corrected chi connectivity index (χ4v) is 2.98. The second kappa shape index (κ2) is 8.15. The summed E-state index contributed by atoms with van der Waals surface area (Å²) in [6.45, 7) is 3.63. The number of halogens is 1. The smallest absolute Gasteiger partial charge is 0.321 e. The van der Waals surface area contributed by atoms with Gasteiger partial charge in [-0.15, -0.1) is 0 Å². The number of ether oxygens (including phenoxy) is 1. The normalized spacial score (nSPS) is 20.7. The van der Waals surface area contributed by atoms with Crippen molar-refractivity contribution in [3.05, 3.63) is 23.0 Å². The Labute approximate surface area is 140 Å². The SMILES string of the molecule is Cc1ccnc(Cl)c1OCC(=O)NC(=O)N[C@H]1CCCC[C@@H]1C. The molecule has 1 aliphatic rings. The van der Waals surface area contributed by atoms with Crippen molar-refractivity contribution >= 4 is 23.5 Å². The van der Waals surface area contributed by atoms with Crippen LogP contribution in [0.5, 0.6) is 5.75 Å². The highest BCUT2D eigenvalue weighted by Gasteiger charge is 2.23. The number of imide groups is 1. The number of urea groups is 1. The molecule has 1 aliphatic carbocycles. The first-order valence-corrected chi connectivity index (χ1v) is 8.19. The Morgan fingerprint density at radius 2 is 2.13 bits per heavy atom. The van der Waals surface area contributed by atoms with Crippen LogP contribution in [0.15, 0.2) is 12.3 Å². The monoisotopic (exact) mass is 339 g/mol. The molecule has 1 aromatic rings. The molecule has 0 aliphatic heterocycles. The Morgan fingerprint density at radius 3 is 2.83 bits per heavy atom. The molecule has 1 heterocycles. The molecule has 1 aromatic heterocycles. The van der Waals surface area contributed by atoms with Crippen LogP contribution in [0.25, 0.3) is 0 Å². The number of nitrogens with zero attached hydrogens (tertiary/aromatic N) is 1. The van der Waals surface area contributed by atoms with Gasteiger partial charge in [0.25, 0.3) is 5.91 Å². The second-order valence-corrected chi connectivity index (χ2v) is 6.28. The van der Waals surface area contributed by atoms with Crippen LogP contribution in [0.2, 0.25) is 5.15 Å². The van der Waals surface area contributed by atoms with E-state index < -0.39 is 11.9 Å². The van der Waals surface area contributed by atoms with Gasteiger partial charge in [-0.1, -0.05) is 31.4 Å². The number of carbonyl (C=O) groups is 2. The summed E-state index contributed by atoms with van der Waals surface area (Å²) in [5.41, 5.74) is 0.776. The number of hydrogen-bond donors (Lipinski definition) is 2. The van der Waals surface area contributed by atoms with Gasteiger partial charge < -0.3 is 10.1 Å². The summed E-state index contributed by atoms with van der Waals surface area (Å²) in [6.07, 6.45) is 5.90. The Morgan fingerprint density at radius 1 is 1.39 bits per heavy atom. The molecule has 0 aromatic carbocycles. The first-order valence-electron chi connectivity index (χ1n) is 7.81. The Hall–Kier alpha value is -1.82. The van der Waals surface area contributed by atoms with Crippen LogP contribution in [0, 0.1) is 12.8 Å². The maximum absolute atomic E-state index is 11.9. The number of nitrogens with one attached hydrogen (secondary N) is 2. The lowest BCUT2D eigenvalue weighted by Gasteiger charge is -2.29. The van der Waals surface area contributed by atoms with Crippen molar-refractivity contribution in [1.29, 1.82) is 0 Å². The number of carbonyl (C=O) groups excluding carboxylic acids is 2. The van der Waals surface area contributed by atoms with E-state index in [0.29, 0.717) is 11.7 Å². The van der Waals surface area contributed by atoms with E-state index in [1.54, 1.807) is 19.2 Å². The quantitative estimate of drug-likeness (QED) is 0.826. The number of hydrogen-bond acceptors (Lipinski definition) is 4. The third-order valence-corrected chi connectivity index (χ3v) is 4.36. The summed E-state index contributed by atoms with van der Waals surface area (Å²) in [5, 5.41) is 5.33. The lowest BCUT2D eigenvalue weighted by Crippen LogP contribution is -2.48. The second-order valence-electron chi connectivity index (χ2n) is 5.93. The Bertz CT molecular complexity index is 559. The van der Waals surface area contributed by atoms with Gasteiger partial charge >= 0.3 is 6.03 Å². The predicted molar refractivity (Wildman–Crippen MR) is 87.6 cm³/mol. The average molecular weight is 340 g/mol. The molecule has 23 heavy (non-hydrogen) atoms. The molecule has 0 saturated heterocycles. The fourth-order valence-electron chi connectivity index (χ4n) is 2.72. The molecule has 1 saturated carbocycles. The van der Waals surface area contributed by atoms with Gasteiger partial charge in [-0.05, 0) is 37.3 Å². The topological polar surface area (TPSA) is 80.3 Å². The third-order valence-electron chi connectivity index (χ3n) is 4.09. The molecule has 2 rings (SSSR count). The minimum Gasteiger partial charge on any atom is -0.480 e. The van der Waals surface area contributed by atoms with Crippen molar-refractivity contribution in [3.63, 3.8) is 0 Å². The zero-order valence-electron chi connectivity index (χ0n) is 13.4. The number of rotatable bonds is 4. The van der Waals surface area contributed by atoms with Crippen molar-refractivity contribution < 1.29 is 14.3 Å². The molecule has 2 atom stereocenters. The summed E-state index contributed by atoms with van der Waals surface area (Å²) in [4.78, 5) is 27.6. The zero-order chi connectivity index (χ0) is 16.8. The largest absolute Gasteiger partial charge is 0.480 e. The zero-order valence-corrected chi connectivity index (χ0v) is 14.2. The van der Waals surface area contributed by atoms with Crippen molar-refractivity contribution in [2.75, 3.05) is 6.61 Å². The molecule has 6 nitrogen and oxygen atoms in total. The lowest BCUT2D eigenvalue weighted by atomic mass is 9.86. The van der Waals surface area contributed by atoms with Crippen LogP contribution in [0.1, 0.15) is 38.2 Å². The van der Waals surface area contributed by atoms with E-state index in [-0.39, 0.29) is 17.8 Å². The van der Waals surface area contributed by atoms with Crippen LogP contribution >= 0.6 is 11.6 Å². The van der Waals surface area contributed by atoms with Gasteiger partial charge in [0.1, 0.15) is 0 Å². The van der Waals surface area contributed by atoms with Gasteiger partial charge in [-0.25, -0.2) is 9.78 Å². The standard InChI is InChI=1S/C16H22ClN3O3/c1-10-5-3-4-6-12(10)19-16(22)20-13(21)9-23-14-11(2)7-8-18-15(14)17/h7-8,10,12H,3-6,9H2,1-2H3,(H2,19,20,21,22)/t10-,12-/m0/s1. The Kier molecular flexibility index (Phi) is 6.21. The molecule has 2 N–H and O–H groups in total. The molecular formula is C16H22ClN3O3. The van der Waals surface area contributed by atoms with E-state index in [2.05, 4.69) is 22.5 Å². The van der Waals surface area contributed by atoms with Crippen molar-refractivity contribution in [1.82, 2.24) is 15.6 Å². The summed E-state index contributed by atoms with van der Waals surface area (Å²) < 4.78 is 5.35. The van der Waals surface area contributed by atoms with Crippen molar-refractivity contribution in [2.24, 2.45) is 5.92 Å². The van der Waals surface area contributed by atoms with Crippen LogP contribution in [-0.2, 0) is 4.79 Å². The van der Waals surface area contributed by atoms with Crippen LogP contribution < -0.4 is 15.4 Å². The van der Waals surface area contributed by atoms with Gasteiger partial charge in [0.05, 0.1) is 0 Å². The van der Waals surface area contributed by atoms with Gasteiger partial charge in [0, 0.05) is 12.2 Å². The van der Waals surface area contributed by atoms with Gasteiger partial charge in [0.15, 0.2) is 17.5 Å². The van der Waals surface area contributed by atoms with Gasteiger partial charge in [-0.3, -0.25) is 10.1 Å². The van der Waals surface area contributed by atoms with Crippen LogP contribution in [0.3, 0.4) is 0 Å². The van der Waals surface area contributed by atoms with Crippen molar-refractivity contribution in [2.45, 2.75) is 45.6 Å². The molecule has 1 fully saturated rings. The summed E-state index contributed by atoms with van der Waals surface area (Å²) >= 11 is 5.92. The Balaban J connectivity index is 1.79. The third kappa shape index (κ3) is 5.10. The maximum Gasteiger partial charge on any atom is 0.321 e. The summed E-state index contributed by atoms with van der Waals surface area (Å²) in [5.74, 6) is 0.258. The maximum atomic E-state index is 11.9. The minimum atomic E-state index is -0.523. The summed E-state index contributed by atoms with van der Waals surface area (Å²) in [7, 11) is 0. The van der Waals surface area contributed by atoms with E-state index in [9.17, 15) is 9.59 Å². The molecule has 7 heteroatoms. The lowest BCUT2D eigenvalue weighted by molar-refractivity contribution is -0.122. The van der Waals surface area contributed by atoms with E-state index in [1.807, 2.05) is 0 Å². The molecule has 0 spiro atoms. The highest BCUT2D eigenvalue weighted by atomic mass is 35.5. The molecular weight excluding hydrogens is 318 g/mol. The molecule has 126 valence electrons.